The number of fused-ring (bicyclic) bond motifs is 8. The van der Waals surface area contributed by atoms with Crippen molar-refractivity contribution in [2.75, 3.05) is 7.11 Å². The van der Waals surface area contributed by atoms with Crippen molar-refractivity contribution in [3.8, 4) is 33.4 Å². The highest BCUT2D eigenvalue weighted by molar-refractivity contribution is 5.98. The third-order valence-electron chi connectivity index (χ3n) is 9.01. The predicted molar refractivity (Wildman–Crippen MR) is 197 cm³/mol. The van der Waals surface area contributed by atoms with E-state index < -0.39 is 11.6 Å². The van der Waals surface area contributed by atoms with Crippen molar-refractivity contribution in [2.45, 2.75) is 12.5 Å². The number of benzene rings is 3. The van der Waals surface area contributed by atoms with Gasteiger partial charge in [0, 0.05) is 44.3 Å². The number of rotatable bonds is 5. The molecule has 8 rings (SSSR count). The largest absolute Gasteiger partial charge is 0.467 e. The van der Waals surface area contributed by atoms with Crippen molar-refractivity contribution in [1.29, 1.82) is 0 Å². The highest BCUT2D eigenvalue weighted by Crippen LogP contribution is 2.38. The van der Waals surface area contributed by atoms with Gasteiger partial charge in [0.2, 0.25) is 0 Å². The number of aromatic amines is 2. The molecule has 0 unspecified atom stereocenters. The summed E-state index contributed by atoms with van der Waals surface area (Å²) in [5.41, 5.74) is 9.72. The van der Waals surface area contributed by atoms with Gasteiger partial charge >= 0.3 is 5.97 Å². The number of aliphatic hydroxyl groups is 1. The van der Waals surface area contributed by atoms with Crippen LogP contribution in [0.25, 0.3) is 79.8 Å². The lowest BCUT2D eigenvalue weighted by molar-refractivity contribution is -0.161. The van der Waals surface area contributed by atoms with Crippen molar-refractivity contribution in [2.24, 2.45) is 0 Å². The van der Waals surface area contributed by atoms with Crippen LogP contribution in [0.4, 0.5) is 0 Å². The Hall–Kier alpha value is -6.31. The fraction of sp³-hybridized carbons (Fsp3) is 0.0714. The molecular formula is C42H32N4O3. The van der Waals surface area contributed by atoms with Gasteiger partial charge in [-0.1, -0.05) is 91.0 Å². The zero-order valence-electron chi connectivity index (χ0n) is 26.9. The van der Waals surface area contributed by atoms with Crippen LogP contribution in [0.15, 0.2) is 115 Å². The Bertz CT molecular complexity index is 2420. The number of nitrogens with one attached hydrogen (secondary N) is 2. The van der Waals surface area contributed by atoms with Crippen molar-refractivity contribution >= 4 is 52.3 Å². The van der Waals surface area contributed by atoms with Crippen molar-refractivity contribution in [3.05, 3.63) is 144 Å². The summed E-state index contributed by atoms with van der Waals surface area (Å²) < 4.78 is 5.09. The molecule has 3 aromatic heterocycles. The summed E-state index contributed by atoms with van der Waals surface area (Å²) in [6.45, 7) is 1.44. The summed E-state index contributed by atoms with van der Waals surface area (Å²) in [6.07, 6.45) is 7.84. The van der Waals surface area contributed by atoms with Gasteiger partial charge < -0.3 is 19.8 Å². The number of H-pyrrole nitrogens is 2. The topological polar surface area (TPSA) is 104 Å². The van der Waals surface area contributed by atoms with E-state index in [0.29, 0.717) is 22.5 Å². The molecule has 49 heavy (non-hydrogen) atoms. The third-order valence-corrected chi connectivity index (χ3v) is 9.01. The molecule has 3 aromatic carbocycles. The Balaban J connectivity index is 1.59. The molecule has 0 radical (unpaired) electrons. The summed E-state index contributed by atoms with van der Waals surface area (Å²) in [5, 5.41) is 11.8. The molecule has 0 saturated heterocycles. The highest BCUT2D eigenvalue weighted by atomic mass is 16.5. The van der Waals surface area contributed by atoms with E-state index in [1.54, 1.807) is 0 Å². The first-order valence-corrected chi connectivity index (χ1v) is 16.1. The van der Waals surface area contributed by atoms with Gasteiger partial charge in [0.25, 0.3) is 0 Å². The average Bonchev–Trinajstić information content (AvgIpc) is 3.97. The van der Waals surface area contributed by atoms with E-state index in [0.717, 1.165) is 61.3 Å². The van der Waals surface area contributed by atoms with Gasteiger partial charge in [-0.05, 0) is 72.2 Å². The number of carbonyl (C=O) groups is 1. The molecule has 2 aliphatic heterocycles. The Morgan fingerprint density at radius 2 is 0.898 bits per heavy atom. The number of aromatic nitrogens is 4. The minimum absolute atomic E-state index is 0.298. The van der Waals surface area contributed by atoms with Crippen LogP contribution in [0.3, 0.4) is 0 Å². The van der Waals surface area contributed by atoms with Gasteiger partial charge in [-0.2, -0.15) is 0 Å². The average molecular weight is 641 g/mol. The van der Waals surface area contributed by atoms with Crippen LogP contribution < -0.4 is 0 Å². The second-order valence-electron chi connectivity index (χ2n) is 12.2. The van der Waals surface area contributed by atoms with E-state index >= 15 is 0 Å². The fourth-order valence-corrected chi connectivity index (χ4v) is 6.74. The first-order chi connectivity index (χ1) is 23.9. The summed E-state index contributed by atoms with van der Waals surface area (Å²) in [5.74, 6) is -0.794. The molecule has 0 saturated carbocycles. The van der Waals surface area contributed by atoms with Crippen LogP contribution in [0, 0.1) is 0 Å². The van der Waals surface area contributed by atoms with Crippen LogP contribution in [-0.4, -0.2) is 38.1 Å². The van der Waals surface area contributed by atoms with Crippen LogP contribution in [-0.2, 0) is 15.1 Å². The molecule has 2 aliphatic rings. The van der Waals surface area contributed by atoms with Crippen LogP contribution in [0.1, 0.15) is 35.3 Å². The van der Waals surface area contributed by atoms with E-state index in [1.165, 1.54) is 14.0 Å². The maximum atomic E-state index is 13.1. The molecule has 238 valence electrons. The summed E-state index contributed by atoms with van der Waals surface area (Å²) in [4.78, 5) is 30.7. The Labute approximate surface area is 283 Å². The van der Waals surface area contributed by atoms with Crippen LogP contribution in [0.2, 0.25) is 0 Å². The molecule has 1 atom stereocenters. The monoisotopic (exact) mass is 640 g/mol. The number of carbonyl (C=O) groups excluding carboxylic acids is 1. The Morgan fingerprint density at radius 1 is 0.551 bits per heavy atom. The molecule has 8 bridgehead atoms. The predicted octanol–water partition coefficient (Wildman–Crippen LogP) is 9.04. The van der Waals surface area contributed by atoms with Crippen LogP contribution in [0.5, 0.6) is 0 Å². The van der Waals surface area contributed by atoms with Gasteiger partial charge in [-0.25, -0.2) is 14.8 Å². The number of hydrogen-bond acceptors (Lipinski definition) is 5. The van der Waals surface area contributed by atoms with E-state index in [4.69, 9.17) is 14.7 Å². The molecule has 5 heterocycles. The zero-order valence-corrected chi connectivity index (χ0v) is 26.9. The van der Waals surface area contributed by atoms with E-state index in [-0.39, 0.29) is 0 Å². The zero-order chi connectivity index (χ0) is 33.5. The van der Waals surface area contributed by atoms with Gasteiger partial charge in [0.1, 0.15) is 0 Å². The number of nitrogens with zero attached hydrogens (tertiary/aromatic N) is 2. The van der Waals surface area contributed by atoms with Gasteiger partial charge in [-0.15, -0.1) is 0 Å². The molecule has 7 nitrogen and oxygen atoms in total. The third kappa shape index (κ3) is 5.26. The lowest BCUT2D eigenvalue weighted by Crippen LogP contribution is -2.34. The lowest BCUT2D eigenvalue weighted by atomic mass is 9.94. The highest BCUT2D eigenvalue weighted by Gasteiger charge is 2.38. The number of esters is 1. The number of ether oxygens (including phenoxy) is 1. The SMILES string of the molecule is COC(=O)[C@@](C)(O)c1c2nc(c(-c3ccccc3)c3ccc([nH]3)c(-c3ccccc3)c3nc(c(-c4ccccc4)c4ccc1[nH]4)C=C3)C=C2. The lowest BCUT2D eigenvalue weighted by Gasteiger charge is -2.21. The Morgan fingerprint density at radius 3 is 1.31 bits per heavy atom. The maximum Gasteiger partial charge on any atom is 0.342 e. The minimum atomic E-state index is -2.02. The van der Waals surface area contributed by atoms with Crippen molar-refractivity contribution in [3.63, 3.8) is 0 Å². The minimum Gasteiger partial charge on any atom is -0.467 e. The molecule has 6 aromatic rings. The molecule has 0 aliphatic carbocycles. The van der Waals surface area contributed by atoms with E-state index in [9.17, 15) is 9.90 Å². The molecule has 3 N–H and O–H groups in total. The second kappa shape index (κ2) is 12.0. The standard InChI is InChI=1S/C42H32N4O3/c1-42(48,41(47)49-2)40-35-24-22-33(45-35)38(27-14-8-4-9-15-27)31-20-18-29(43-31)37(26-12-6-3-7-13-26)30-19-21-32(44-30)39(28-16-10-5-11-17-28)34-23-25-36(40)46-34/h3-25,43,46,48H,1-2H3/t42-/m0/s1. The summed E-state index contributed by atoms with van der Waals surface area (Å²) in [6, 6.07) is 38.3. The molecule has 7 heteroatoms. The van der Waals surface area contributed by atoms with Gasteiger partial charge in [-0.3, -0.25) is 0 Å². The Kier molecular flexibility index (Phi) is 7.39. The molecular weight excluding hydrogens is 608 g/mol. The maximum absolute atomic E-state index is 13.1. The van der Waals surface area contributed by atoms with Gasteiger partial charge in [0.05, 0.1) is 29.9 Å². The fourth-order valence-electron chi connectivity index (χ4n) is 6.74. The van der Waals surface area contributed by atoms with E-state index in [2.05, 4.69) is 40.3 Å². The first kappa shape index (κ1) is 30.1. The van der Waals surface area contributed by atoms with E-state index in [1.807, 2.05) is 109 Å². The first-order valence-electron chi connectivity index (χ1n) is 16.1. The second-order valence-corrected chi connectivity index (χ2v) is 12.2. The van der Waals surface area contributed by atoms with Crippen LogP contribution >= 0.6 is 0 Å². The quantitative estimate of drug-likeness (QED) is 0.163. The van der Waals surface area contributed by atoms with Gasteiger partial charge in [0.15, 0.2) is 5.60 Å². The summed E-state index contributed by atoms with van der Waals surface area (Å²) >= 11 is 0. The number of methoxy groups -OCH3 is 1. The molecule has 0 fully saturated rings. The molecule has 0 spiro atoms. The normalized spacial score (nSPS) is 13.3. The van der Waals surface area contributed by atoms with Crippen molar-refractivity contribution in [1.82, 2.24) is 19.9 Å². The van der Waals surface area contributed by atoms with Crippen molar-refractivity contribution < 1.29 is 14.6 Å². The summed E-state index contributed by atoms with van der Waals surface area (Å²) in [7, 11) is 1.27. The number of hydrogen-bond donors (Lipinski definition) is 3. The molecule has 0 amide bonds. The smallest absolute Gasteiger partial charge is 0.342 e.